The second-order valence-corrected chi connectivity index (χ2v) is 12.7. The Morgan fingerprint density at radius 2 is 1.98 bits per heavy atom. The van der Waals surface area contributed by atoms with Crippen LogP contribution in [0.3, 0.4) is 0 Å². The number of anilines is 1. The van der Waals surface area contributed by atoms with E-state index in [4.69, 9.17) is 9.72 Å². The van der Waals surface area contributed by atoms with Gasteiger partial charge in [-0.25, -0.2) is 18.9 Å². The average molecular weight is 584 g/mol. The van der Waals surface area contributed by atoms with Crippen LogP contribution in [0.15, 0.2) is 48.9 Å². The minimum atomic E-state index is -1.01. The molecule has 1 saturated carbocycles. The Balaban J connectivity index is 1.16. The van der Waals surface area contributed by atoms with Crippen molar-refractivity contribution in [2.24, 2.45) is 11.8 Å². The molecule has 2 aliphatic rings. The maximum atomic E-state index is 14.2. The van der Waals surface area contributed by atoms with E-state index in [1.54, 1.807) is 43.7 Å². The second kappa shape index (κ2) is 10.6. The normalized spacial score (nSPS) is 21.6. The summed E-state index contributed by atoms with van der Waals surface area (Å²) in [5, 5.41) is 27.2. The van der Waals surface area contributed by atoms with Gasteiger partial charge in [-0.2, -0.15) is 10.4 Å². The lowest BCUT2D eigenvalue weighted by molar-refractivity contribution is 0.0283. The molecule has 0 aromatic carbocycles. The number of aliphatic hydroxyl groups is 1. The quantitative estimate of drug-likeness (QED) is 0.330. The van der Waals surface area contributed by atoms with Crippen LogP contribution >= 0.6 is 0 Å². The zero-order valence-electron chi connectivity index (χ0n) is 24.6. The highest BCUT2D eigenvalue weighted by Crippen LogP contribution is 2.45. The van der Waals surface area contributed by atoms with Gasteiger partial charge in [0.2, 0.25) is 0 Å². The minimum absolute atomic E-state index is 0.0984. The first-order chi connectivity index (χ1) is 20.4. The Hall–Kier alpha value is -4.56. The Morgan fingerprint density at radius 1 is 1.23 bits per heavy atom. The van der Waals surface area contributed by atoms with Gasteiger partial charge < -0.3 is 20.1 Å². The average Bonchev–Trinajstić information content (AvgIpc) is 3.63. The molecule has 4 aromatic rings. The number of nitriles is 1. The molecule has 5 heterocycles. The number of hydrogen-bond donors (Lipinski definition) is 2. The first-order valence-electron chi connectivity index (χ1n) is 14.3. The Kier molecular flexibility index (Phi) is 7.05. The first-order valence-corrected chi connectivity index (χ1v) is 14.3. The summed E-state index contributed by atoms with van der Waals surface area (Å²) in [6.07, 6.45) is 6.59. The molecule has 1 amide bonds. The first kappa shape index (κ1) is 28.6. The molecular formula is C32H34FN7O3. The van der Waals surface area contributed by atoms with Crippen molar-refractivity contribution < 1.29 is 19.0 Å². The third kappa shape index (κ3) is 5.75. The van der Waals surface area contributed by atoms with Crippen LogP contribution in [0.4, 0.5) is 10.2 Å². The number of nitrogens with one attached hydrogen (secondary N) is 1. The van der Waals surface area contributed by atoms with Crippen molar-refractivity contribution in [2.45, 2.75) is 51.7 Å². The molecule has 0 spiro atoms. The predicted molar refractivity (Wildman–Crippen MR) is 158 cm³/mol. The second-order valence-electron chi connectivity index (χ2n) is 12.7. The molecule has 1 aliphatic heterocycles. The summed E-state index contributed by atoms with van der Waals surface area (Å²) >= 11 is 0. The molecule has 2 unspecified atom stereocenters. The SMILES string of the molecule is Cc1ccc(F)c(C(=O)NC2(C)CC3CN(c4ccc(-c5cc(OCC(C)(C)O)cn6ncc(C#N)c56)cn4)CC3C2)n1. The monoisotopic (exact) mass is 583 g/mol. The number of fused-ring (bicyclic) bond motifs is 2. The number of carbonyl (C=O) groups is 1. The third-order valence-electron chi connectivity index (χ3n) is 8.30. The van der Waals surface area contributed by atoms with E-state index in [0.29, 0.717) is 34.4 Å². The molecule has 4 aromatic heterocycles. The van der Waals surface area contributed by atoms with Crippen LogP contribution in [0.2, 0.25) is 0 Å². The van der Waals surface area contributed by atoms with Crippen molar-refractivity contribution in [1.82, 2.24) is 24.9 Å². The number of carbonyl (C=O) groups excluding carboxylic acids is 1. The molecule has 1 saturated heterocycles. The van der Waals surface area contributed by atoms with Crippen molar-refractivity contribution in [2.75, 3.05) is 24.6 Å². The number of pyridine rings is 3. The summed E-state index contributed by atoms with van der Waals surface area (Å²) in [7, 11) is 0. The number of ether oxygens (including phenoxy) is 1. The molecular weight excluding hydrogens is 549 g/mol. The van der Waals surface area contributed by atoms with Crippen molar-refractivity contribution in [3.05, 3.63) is 71.7 Å². The Labute approximate surface area is 249 Å². The van der Waals surface area contributed by atoms with E-state index in [1.165, 1.54) is 12.3 Å². The number of halogens is 1. The lowest BCUT2D eigenvalue weighted by atomic mass is 9.97. The van der Waals surface area contributed by atoms with Crippen LogP contribution in [-0.2, 0) is 0 Å². The van der Waals surface area contributed by atoms with Gasteiger partial charge in [0, 0.05) is 41.6 Å². The highest BCUT2D eigenvalue weighted by molar-refractivity contribution is 5.93. The minimum Gasteiger partial charge on any atom is -0.489 e. The molecule has 0 radical (unpaired) electrons. The molecule has 222 valence electrons. The van der Waals surface area contributed by atoms with Crippen LogP contribution in [0.5, 0.6) is 5.75 Å². The highest BCUT2D eigenvalue weighted by atomic mass is 19.1. The van der Waals surface area contributed by atoms with E-state index in [0.717, 1.165) is 42.9 Å². The molecule has 1 aliphatic carbocycles. The van der Waals surface area contributed by atoms with E-state index < -0.39 is 22.9 Å². The van der Waals surface area contributed by atoms with Gasteiger partial charge in [0.25, 0.3) is 5.91 Å². The van der Waals surface area contributed by atoms with Gasteiger partial charge >= 0.3 is 0 Å². The van der Waals surface area contributed by atoms with E-state index in [1.807, 2.05) is 25.1 Å². The smallest absolute Gasteiger partial charge is 0.273 e. The maximum absolute atomic E-state index is 14.2. The van der Waals surface area contributed by atoms with Crippen LogP contribution < -0.4 is 15.0 Å². The van der Waals surface area contributed by atoms with Crippen LogP contribution in [0, 0.1) is 35.9 Å². The lowest BCUT2D eigenvalue weighted by Crippen LogP contribution is -2.45. The molecule has 6 rings (SSSR count). The van der Waals surface area contributed by atoms with E-state index >= 15 is 0 Å². The fourth-order valence-electron chi connectivity index (χ4n) is 6.43. The molecule has 2 fully saturated rings. The number of amides is 1. The van der Waals surface area contributed by atoms with Crippen LogP contribution in [-0.4, -0.2) is 61.4 Å². The summed E-state index contributed by atoms with van der Waals surface area (Å²) < 4.78 is 21.7. The standard InChI is InChI=1S/C32H34FN7O3/c1-19-5-7-26(33)28(37-19)30(41)38-32(4)10-21-15-39(16-22(21)11-32)27-8-6-20(13-35-27)25-9-24(43-18-31(2,3)42)17-40-29(25)23(12-34)14-36-40/h5-9,13-14,17,21-22,42H,10-11,15-16,18H2,1-4H3,(H,38,41). The number of hydrogen-bond acceptors (Lipinski definition) is 8. The van der Waals surface area contributed by atoms with Gasteiger partial charge in [-0.05, 0) is 82.7 Å². The number of aromatic nitrogens is 4. The van der Waals surface area contributed by atoms with Crippen molar-refractivity contribution >= 4 is 17.2 Å². The summed E-state index contributed by atoms with van der Waals surface area (Å²) in [5.74, 6) is 1.03. The van der Waals surface area contributed by atoms with Gasteiger partial charge in [-0.1, -0.05) is 0 Å². The van der Waals surface area contributed by atoms with E-state index in [-0.39, 0.29) is 12.3 Å². The maximum Gasteiger partial charge on any atom is 0.273 e. The highest BCUT2D eigenvalue weighted by Gasteiger charge is 2.48. The van der Waals surface area contributed by atoms with E-state index in [9.17, 15) is 19.6 Å². The Bertz CT molecular complexity index is 1720. The summed E-state index contributed by atoms with van der Waals surface area (Å²) in [6, 6.07) is 10.8. The molecule has 10 nitrogen and oxygen atoms in total. The van der Waals surface area contributed by atoms with E-state index in [2.05, 4.69) is 26.4 Å². The number of rotatable bonds is 7. The van der Waals surface area contributed by atoms with Gasteiger partial charge in [0.15, 0.2) is 11.5 Å². The van der Waals surface area contributed by atoms with Crippen molar-refractivity contribution in [3.8, 4) is 22.9 Å². The van der Waals surface area contributed by atoms with Crippen LogP contribution in [0.1, 0.15) is 55.4 Å². The van der Waals surface area contributed by atoms with Gasteiger partial charge in [-0.15, -0.1) is 0 Å². The zero-order valence-corrected chi connectivity index (χ0v) is 24.6. The Morgan fingerprint density at radius 3 is 2.63 bits per heavy atom. The summed E-state index contributed by atoms with van der Waals surface area (Å²) in [4.78, 5) is 24.0. The topological polar surface area (TPSA) is 129 Å². The summed E-state index contributed by atoms with van der Waals surface area (Å²) in [6.45, 7) is 8.83. The number of nitrogens with zero attached hydrogens (tertiary/aromatic N) is 6. The fourth-order valence-corrected chi connectivity index (χ4v) is 6.43. The van der Waals surface area contributed by atoms with Gasteiger partial charge in [0.1, 0.15) is 24.2 Å². The number of aryl methyl sites for hydroxylation is 1. The lowest BCUT2D eigenvalue weighted by Gasteiger charge is -2.28. The molecule has 43 heavy (non-hydrogen) atoms. The predicted octanol–water partition coefficient (Wildman–Crippen LogP) is 4.30. The largest absolute Gasteiger partial charge is 0.489 e. The van der Waals surface area contributed by atoms with Crippen molar-refractivity contribution in [1.29, 1.82) is 5.26 Å². The molecule has 11 heteroatoms. The zero-order chi connectivity index (χ0) is 30.5. The molecule has 2 atom stereocenters. The molecule has 2 N–H and O–H groups in total. The molecule has 0 bridgehead atoms. The van der Waals surface area contributed by atoms with Crippen molar-refractivity contribution in [3.63, 3.8) is 0 Å². The summed E-state index contributed by atoms with van der Waals surface area (Å²) in [5.41, 5.74) is 1.67. The third-order valence-corrected chi connectivity index (χ3v) is 8.30. The van der Waals surface area contributed by atoms with Gasteiger partial charge in [-0.3, -0.25) is 4.79 Å². The fraction of sp³-hybridized carbons (Fsp3) is 0.406. The van der Waals surface area contributed by atoms with Gasteiger partial charge in [0.05, 0.1) is 29.1 Å². The van der Waals surface area contributed by atoms with Crippen LogP contribution in [0.25, 0.3) is 16.6 Å².